The zero-order valence-corrected chi connectivity index (χ0v) is 12.1. The molecule has 1 aromatic carbocycles. The van der Waals surface area contributed by atoms with E-state index in [1.54, 1.807) is 0 Å². The Morgan fingerprint density at radius 3 is 2.60 bits per heavy atom. The summed E-state index contributed by atoms with van der Waals surface area (Å²) in [6.45, 7) is 4.59. The maximum absolute atomic E-state index is 12.2. The molecule has 1 unspecified atom stereocenters. The Morgan fingerprint density at radius 2 is 2.00 bits per heavy atom. The molecule has 2 rings (SSSR count). The number of nitrogens with one attached hydrogen (secondary N) is 1. The van der Waals surface area contributed by atoms with E-state index in [4.69, 9.17) is 5.11 Å². The highest BCUT2D eigenvalue weighted by molar-refractivity contribution is 5.81. The first-order chi connectivity index (χ1) is 9.70. The predicted octanol–water partition coefficient (Wildman–Crippen LogP) is 1.40. The van der Waals surface area contributed by atoms with E-state index in [9.17, 15) is 4.79 Å². The smallest absolute Gasteiger partial charge is 0.237 e. The number of rotatable bonds is 5. The van der Waals surface area contributed by atoms with Crippen molar-refractivity contribution in [3.63, 3.8) is 0 Å². The van der Waals surface area contributed by atoms with Gasteiger partial charge in [-0.15, -0.1) is 0 Å². The van der Waals surface area contributed by atoms with Gasteiger partial charge in [-0.05, 0) is 44.3 Å². The molecule has 4 nitrogen and oxygen atoms in total. The van der Waals surface area contributed by atoms with Gasteiger partial charge >= 0.3 is 0 Å². The predicted molar refractivity (Wildman–Crippen MR) is 79.1 cm³/mol. The van der Waals surface area contributed by atoms with Crippen LogP contribution in [0.1, 0.15) is 25.3 Å². The van der Waals surface area contributed by atoms with Crippen molar-refractivity contribution in [2.24, 2.45) is 5.92 Å². The maximum Gasteiger partial charge on any atom is 0.237 e. The SMILES string of the molecule is CC(C(=O)NCc1ccccc1)N1CCC(CO)CC1. The normalized spacial score (nSPS) is 18.7. The number of carbonyl (C=O) groups excluding carboxylic acids is 1. The second-order valence-electron chi connectivity index (χ2n) is 5.54. The van der Waals surface area contributed by atoms with Crippen LogP contribution in [-0.2, 0) is 11.3 Å². The first-order valence-electron chi connectivity index (χ1n) is 7.37. The Bertz CT molecular complexity index is 414. The monoisotopic (exact) mass is 276 g/mol. The van der Waals surface area contributed by atoms with Crippen LogP contribution in [-0.4, -0.2) is 41.7 Å². The minimum absolute atomic E-state index is 0.0799. The molecular formula is C16H24N2O2. The molecule has 1 aromatic rings. The van der Waals surface area contributed by atoms with Gasteiger partial charge in [-0.3, -0.25) is 9.69 Å². The third-order valence-corrected chi connectivity index (χ3v) is 4.14. The lowest BCUT2D eigenvalue weighted by atomic mass is 9.97. The van der Waals surface area contributed by atoms with E-state index >= 15 is 0 Å². The largest absolute Gasteiger partial charge is 0.396 e. The number of amides is 1. The van der Waals surface area contributed by atoms with Crippen LogP contribution in [0.3, 0.4) is 0 Å². The molecule has 1 heterocycles. The average molecular weight is 276 g/mol. The molecule has 0 radical (unpaired) electrons. The standard InChI is InChI=1S/C16H24N2O2/c1-13(18-9-7-15(12-19)8-10-18)16(20)17-11-14-5-3-2-4-6-14/h2-6,13,15,19H,7-12H2,1H3,(H,17,20). The lowest BCUT2D eigenvalue weighted by Crippen LogP contribution is -2.48. The molecular weight excluding hydrogens is 252 g/mol. The van der Waals surface area contributed by atoms with Crippen molar-refractivity contribution in [3.05, 3.63) is 35.9 Å². The zero-order valence-electron chi connectivity index (χ0n) is 12.1. The second-order valence-corrected chi connectivity index (χ2v) is 5.54. The highest BCUT2D eigenvalue weighted by Crippen LogP contribution is 2.18. The van der Waals surface area contributed by atoms with Crippen LogP contribution < -0.4 is 5.32 Å². The van der Waals surface area contributed by atoms with Gasteiger partial charge in [-0.25, -0.2) is 0 Å². The molecule has 1 atom stereocenters. The molecule has 0 aliphatic carbocycles. The van der Waals surface area contributed by atoms with Crippen molar-refractivity contribution in [3.8, 4) is 0 Å². The van der Waals surface area contributed by atoms with Crippen LogP contribution >= 0.6 is 0 Å². The van der Waals surface area contributed by atoms with Crippen molar-refractivity contribution < 1.29 is 9.90 Å². The van der Waals surface area contributed by atoms with Gasteiger partial charge in [0, 0.05) is 13.2 Å². The number of carbonyl (C=O) groups is 1. The molecule has 1 aliphatic heterocycles. The molecule has 0 spiro atoms. The van der Waals surface area contributed by atoms with Gasteiger partial charge in [0.25, 0.3) is 0 Å². The Morgan fingerprint density at radius 1 is 1.35 bits per heavy atom. The number of aliphatic hydroxyl groups is 1. The summed E-state index contributed by atoms with van der Waals surface area (Å²) in [7, 11) is 0. The van der Waals surface area contributed by atoms with Crippen molar-refractivity contribution in [1.29, 1.82) is 0 Å². The Kier molecular flexibility index (Phi) is 5.56. The van der Waals surface area contributed by atoms with Crippen molar-refractivity contribution in [2.75, 3.05) is 19.7 Å². The molecule has 1 amide bonds. The molecule has 1 saturated heterocycles. The Balaban J connectivity index is 1.77. The van der Waals surface area contributed by atoms with Crippen LogP contribution in [0.5, 0.6) is 0 Å². The topological polar surface area (TPSA) is 52.6 Å². The minimum Gasteiger partial charge on any atom is -0.396 e. The summed E-state index contributed by atoms with van der Waals surface area (Å²) in [6.07, 6.45) is 1.96. The molecule has 0 saturated carbocycles. The Labute approximate surface area is 120 Å². The van der Waals surface area contributed by atoms with Gasteiger partial charge in [0.15, 0.2) is 0 Å². The molecule has 0 bridgehead atoms. The second kappa shape index (κ2) is 7.41. The molecule has 2 N–H and O–H groups in total. The third-order valence-electron chi connectivity index (χ3n) is 4.14. The van der Waals surface area contributed by atoms with E-state index in [1.165, 1.54) is 0 Å². The van der Waals surface area contributed by atoms with Crippen LogP contribution in [0.15, 0.2) is 30.3 Å². The highest BCUT2D eigenvalue weighted by Gasteiger charge is 2.25. The van der Waals surface area contributed by atoms with Crippen molar-refractivity contribution in [1.82, 2.24) is 10.2 Å². The lowest BCUT2D eigenvalue weighted by Gasteiger charge is -2.34. The summed E-state index contributed by atoms with van der Waals surface area (Å²) in [5, 5.41) is 12.1. The van der Waals surface area contributed by atoms with E-state index in [0.29, 0.717) is 12.5 Å². The summed E-state index contributed by atoms with van der Waals surface area (Å²) in [4.78, 5) is 14.4. The highest BCUT2D eigenvalue weighted by atomic mass is 16.3. The Hall–Kier alpha value is -1.39. The molecule has 110 valence electrons. The van der Waals surface area contributed by atoms with Gasteiger partial charge in [0.1, 0.15) is 0 Å². The molecule has 0 aromatic heterocycles. The lowest BCUT2D eigenvalue weighted by molar-refractivity contribution is -0.126. The van der Waals surface area contributed by atoms with E-state index < -0.39 is 0 Å². The summed E-state index contributed by atoms with van der Waals surface area (Å²) < 4.78 is 0. The van der Waals surface area contributed by atoms with Crippen LogP contribution in [0.4, 0.5) is 0 Å². The van der Waals surface area contributed by atoms with Crippen LogP contribution in [0, 0.1) is 5.92 Å². The molecule has 1 fully saturated rings. The third kappa shape index (κ3) is 4.05. The zero-order chi connectivity index (χ0) is 14.4. The summed E-state index contributed by atoms with van der Waals surface area (Å²) in [5.74, 6) is 0.488. The average Bonchev–Trinajstić information content (AvgIpc) is 2.53. The number of benzene rings is 1. The van der Waals surface area contributed by atoms with Gasteiger partial charge in [-0.1, -0.05) is 30.3 Å². The van der Waals surface area contributed by atoms with E-state index in [0.717, 1.165) is 31.5 Å². The number of piperidine rings is 1. The number of likely N-dealkylation sites (tertiary alicyclic amines) is 1. The first-order valence-corrected chi connectivity index (χ1v) is 7.37. The molecule has 4 heteroatoms. The summed E-state index contributed by atoms with van der Waals surface area (Å²) in [5.41, 5.74) is 1.12. The van der Waals surface area contributed by atoms with Gasteiger partial charge in [0.2, 0.25) is 5.91 Å². The summed E-state index contributed by atoms with van der Waals surface area (Å²) in [6, 6.07) is 9.85. The fraction of sp³-hybridized carbons (Fsp3) is 0.562. The van der Waals surface area contributed by atoms with Gasteiger partial charge in [-0.2, -0.15) is 0 Å². The number of aliphatic hydroxyl groups excluding tert-OH is 1. The number of hydrogen-bond acceptors (Lipinski definition) is 3. The quantitative estimate of drug-likeness (QED) is 0.854. The minimum atomic E-state index is -0.0987. The van der Waals surface area contributed by atoms with Crippen LogP contribution in [0.2, 0.25) is 0 Å². The van der Waals surface area contributed by atoms with Crippen molar-refractivity contribution >= 4 is 5.91 Å². The van der Waals surface area contributed by atoms with E-state index in [1.807, 2.05) is 37.3 Å². The fourth-order valence-corrected chi connectivity index (χ4v) is 2.62. The van der Waals surface area contributed by atoms with E-state index in [2.05, 4.69) is 10.2 Å². The number of hydrogen-bond donors (Lipinski definition) is 2. The van der Waals surface area contributed by atoms with E-state index in [-0.39, 0.29) is 18.6 Å². The summed E-state index contributed by atoms with van der Waals surface area (Å²) >= 11 is 0. The van der Waals surface area contributed by atoms with Crippen molar-refractivity contribution in [2.45, 2.75) is 32.4 Å². The number of nitrogens with zero attached hydrogens (tertiary/aromatic N) is 1. The first kappa shape index (κ1) is 15.0. The fourth-order valence-electron chi connectivity index (χ4n) is 2.62. The van der Waals surface area contributed by atoms with Crippen LogP contribution in [0.25, 0.3) is 0 Å². The van der Waals surface area contributed by atoms with Gasteiger partial charge < -0.3 is 10.4 Å². The molecule has 1 aliphatic rings. The van der Waals surface area contributed by atoms with Gasteiger partial charge in [0.05, 0.1) is 6.04 Å². The maximum atomic E-state index is 12.2. The molecule has 20 heavy (non-hydrogen) atoms.